The normalized spacial score (nSPS) is 14.9. The summed E-state index contributed by atoms with van der Waals surface area (Å²) in [7, 11) is -2.91. The topological polar surface area (TPSA) is 35.5 Å². The molecule has 0 saturated carbocycles. The third-order valence-corrected chi connectivity index (χ3v) is 4.13. The molecular formula is C12H17O3P. The lowest BCUT2D eigenvalue weighted by Crippen LogP contribution is -2.05. The molecule has 4 heteroatoms. The van der Waals surface area contributed by atoms with Gasteiger partial charge in [-0.05, 0) is 26.0 Å². The van der Waals surface area contributed by atoms with E-state index >= 15 is 0 Å². The Morgan fingerprint density at radius 1 is 1.19 bits per heavy atom. The molecule has 0 aliphatic carbocycles. The molecule has 0 N–H and O–H groups in total. The first-order valence-electron chi connectivity index (χ1n) is 5.32. The maximum Gasteiger partial charge on any atom is 0.257 e. The molecule has 1 unspecified atom stereocenters. The molecule has 88 valence electrons. The van der Waals surface area contributed by atoms with Crippen LogP contribution in [0.3, 0.4) is 0 Å². The lowest BCUT2D eigenvalue weighted by atomic mass is 10.4. The van der Waals surface area contributed by atoms with Gasteiger partial charge in [-0.3, -0.25) is 4.57 Å². The Bertz CT molecular complexity index is 373. The van der Waals surface area contributed by atoms with Crippen LogP contribution in [0.15, 0.2) is 42.4 Å². The molecule has 0 aliphatic rings. The van der Waals surface area contributed by atoms with E-state index in [9.17, 15) is 4.57 Å². The van der Waals surface area contributed by atoms with Gasteiger partial charge in [0.05, 0.1) is 19.5 Å². The van der Waals surface area contributed by atoms with E-state index in [1.807, 2.05) is 32.0 Å². The SMILES string of the molecule is CCOC=CP(=O)(OCC)c1ccccc1. The highest BCUT2D eigenvalue weighted by Gasteiger charge is 2.21. The zero-order valence-corrected chi connectivity index (χ0v) is 10.5. The van der Waals surface area contributed by atoms with E-state index in [0.29, 0.717) is 18.5 Å². The first-order chi connectivity index (χ1) is 7.73. The minimum Gasteiger partial charge on any atom is -0.501 e. The average Bonchev–Trinajstić information content (AvgIpc) is 2.31. The quantitative estimate of drug-likeness (QED) is 0.566. The van der Waals surface area contributed by atoms with Gasteiger partial charge in [-0.2, -0.15) is 0 Å². The van der Waals surface area contributed by atoms with E-state index < -0.39 is 7.37 Å². The van der Waals surface area contributed by atoms with Crippen LogP contribution in [0.1, 0.15) is 13.8 Å². The zero-order valence-electron chi connectivity index (χ0n) is 9.63. The summed E-state index contributed by atoms with van der Waals surface area (Å²) < 4.78 is 22.9. The van der Waals surface area contributed by atoms with Gasteiger partial charge in [-0.1, -0.05) is 18.2 Å². The zero-order chi connectivity index (χ0) is 11.9. The van der Waals surface area contributed by atoms with Crippen molar-refractivity contribution in [2.45, 2.75) is 13.8 Å². The second-order valence-corrected chi connectivity index (χ2v) is 5.36. The highest BCUT2D eigenvalue weighted by molar-refractivity contribution is 7.70. The van der Waals surface area contributed by atoms with E-state index in [4.69, 9.17) is 9.26 Å². The van der Waals surface area contributed by atoms with E-state index in [-0.39, 0.29) is 0 Å². The van der Waals surface area contributed by atoms with Crippen molar-refractivity contribution >= 4 is 12.7 Å². The Kier molecular flexibility index (Phi) is 5.30. The maximum absolute atomic E-state index is 12.5. The van der Waals surface area contributed by atoms with Crippen LogP contribution in [0.25, 0.3) is 0 Å². The molecule has 0 fully saturated rings. The lowest BCUT2D eigenvalue weighted by molar-refractivity contribution is 0.269. The Labute approximate surface area is 96.5 Å². The number of ether oxygens (including phenoxy) is 1. The first-order valence-corrected chi connectivity index (χ1v) is 7.01. The molecule has 1 aromatic rings. The van der Waals surface area contributed by atoms with Crippen LogP contribution in [0.4, 0.5) is 0 Å². The molecule has 1 rings (SSSR count). The van der Waals surface area contributed by atoms with Crippen molar-refractivity contribution in [3.05, 3.63) is 42.4 Å². The van der Waals surface area contributed by atoms with Crippen molar-refractivity contribution < 1.29 is 13.8 Å². The summed E-state index contributed by atoms with van der Waals surface area (Å²) in [5, 5.41) is 0.688. The second kappa shape index (κ2) is 6.51. The van der Waals surface area contributed by atoms with Gasteiger partial charge in [-0.15, -0.1) is 0 Å². The number of benzene rings is 1. The third kappa shape index (κ3) is 3.51. The molecule has 1 atom stereocenters. The van der Waals surface area contributed by atoms with Crippen LogP contribution in [0, 0.1) is 0 Å². The molecule has 0 saturated heterocycles. The molecule has 0 bridgehead atoms. The van der Waals surface area contributed by atoms with Crippen LogP contribution >= 0.6 is 7.37 Å². The summed E-state index contributed by atoms with van der Waals surface area (Å²) in [5.41, 5.74) is 0. The molecule has 0 spiro atoms. The predicted molar refractivity (Wildman–Crippen MR) is 66.1 cm³/mol. The monoisotopic (exact) mass is 240 g/mol. The Morgan fingerprint density at radius 3 is 2.44 bits per heavy atom. The summed E-state index contributed by atoms with van der Waals surface area (Å²) in [6, 6.07) is 9.16. The largest absolute Gasteiger partial charge is 0.501 e. The standard InChI is InChI=1S/C12H17O3P/c1-3-14-10-11-16(13,15-4-2)12-8-6-5-7-9-12/h5-11H,3-4H2,1-2H3. The van der Waals surface area contributed by atoms with Gasteiger partial charge < -0.3 is 9.26 Å². The fraction of sp³-hybridized carbons (Fsp3) is 0.333. The molecule has 16 heavy (non-hydrogen) atoms. The molecule has 0 heterocycles. The van der Waals surface area contributed by atoms with Crippen molar-refractivity contribution in [1.82, 2.24) is 0 Å². The Hall–Kier alpha value is -1.05. The van der Waals surface area contributed by atoms with Crippen LogP contribution in [-0.2, 0) is 13.8 Å². The smallest absolute Gasteiger partial charge is 0.257 e. The van der Waals surface area contributed by atoms with Gasteiger partial charge in [0.2, 0.25) is 0 Å². The predicted octanol–water partition coefficient (Wildman–Crippen LogP) is 3.13. The molecule has 3 nitrogen and oxygen atoms in total. The van der Waals surface area contributed by atoms with Gasteiger partial charge in [0.1, 0.15) is 0 Å². The Balaban J connectivity index is 2.93. The maximum atomic E-state index is 12.5. The van der Waals surface area contributed by atoms with Gasteiger partial charge in [0, 0.05) is 11.1 Å². The second-order valence-electron chi connectivity index (χ2n) is 3.09. The van der Waals surface area contributed by atoms with Crippen LogP contribution in [0.2, 0.25) is 0 Å². The van der Waals surface area contributed by atoms with Crippen LogP contribution in [0.5, 0.6) is 0 Å². The third-order valence-electron chi connectivity index (χ3n) is 1.96. The van der Waals surface area contributed by atoms with Gasteiger partial charge in [0.15, 0.2) is 0 Å². The summed E-state index contributed by atoms with van der Waals surface area (Å²) in [4.78, 5) is 0. The Morgan fingerprint density at radius 2 is 1.88 bits per heavy atom. The summed E-state index contributed by atoms with van der Waals surface area (Å²) >= 11 is 0. The van der Waals surface area contributed by atoms with E-state index in [1.54, 1.807) is 12.1 Å². The van der Waals surface area contributed by atoms with E-state index in [0.717, 1.165) is 0 Å². The average molecular weight is 240 g/mol. The number of hydrogen-bond acceptors (Lipinski definition) is 3. The van der Waals surface area contributed by atoms with Gasteiger partial charge in [-0.25, -0.2) is 0 Å². The van der Waals surface area contributed by atoms with Crippen molar-refractivity contribution in [3.8, 4) is 0 Å². The molecular weight excluding hydrogens is 223 g/mol. The molecule has 0 aliphatic heterocycles. The van der Waals surface area contributed by atoms with Crippen molar-refractivity contribution in [1.29, 1.82) is 0 Å². The highest BCUT2D eigenvalue weighted by atomic mass is 31.2. The van der Waals surface area contributed by atoms with Crippen molar-refractivity contribution in [3.63, 3.8) is 0 Å². The van der Waals surface area contributed by atoms with Crippen molar-refractivity contribution in [2.24, 2.45) is 0 Å². The summed E-state index contributed by atoms with van der Waals surface area (Å²) in [6.45, 7) is 4.66. The van der Waals surface area contributed by atoms with Crippen molar-refractivity contribution in [2.75, 3.05) is 13.2 Å². The minimum atomic E-state index is -2.91. The van der Waals surface area contributed by atoms with E-state index in [1.165, 1.54) is 12.1 Å². The first kappa shape index (κ1) is 13.0. The summed E-state index contributed by atoms with van der Waals surface area (Å²) in [5.74, 6) is 1.51. The molecule has 0 amide bonds. The summed E-state index contributed by atoms with van der Waals surface area (Å²) in [6.07, 6.45) is 1.45. The fourth-order valence-corrected chi connectivity index (χ4v) is 2.88. The fourth-order valence-electron chi connectivity index (χ4n) is 1.25. The van der Waals surface area contributed by atoms with Gasteiger partial charge >= 0.3 is 0 Å². The minimum absolute atomic E-state index is 0.405. The van der Waals surface area contributed by atoms with Gasteiger partial charge in [0.25, 0.3) is 7.37 Å². The number of hydrogen-bond donors (Lipinski definition) is 0. The van der Waals surface area contributed by atoms with E-state index in [2.05, 4.69) is 0 Å². The number of rotatable bonds is 6. The van der Waals surface area contributed by atoms with Crippen LogP contribution < -0.4 is 5.30 Å². The highest BCUT2D eigenvalue weighted by Crippen LogP contribution is 2.47. The lowest BCUT2D eigenvalue weighted by Gasteiger charge is -2.13. The molecule has 1 aromatic carbocycles. The molecule has 0 radical (unpaired) electrons. The van der Waals surface area contributed by atoms with Crippen LogP contribution in [-0.4, -0.2) is 13.2 Å². The molecule has 0 aromatic heterocycles.